The van der Waals surface area contributed by atoms with Gasteiger partial charge in [-0.2, -0.15) is 9.97 Å². The fourth-order valence-corrected chi connectivity index (χ4v) is 5.80. The molecule has 1 amide bonds. The number of hydrogen-bond donors (Lipinski definition) is 1. The predicted octanol–water partition coefficient (Wildman–Crippen LogP) is 4.88. The van der Waals surface area contributed by atoms with E-state index in [1.54, 1.807) is 18.2 Å². The lowest BCUT2D eigenvalue weighted by Crippen LogP contribution is -2.16. The van der Waals surface area contributed by atoms with Crippen LogP contribution >= 0.6 is 0 Å². The molecule has 0 radical (unpaired) electrons. The lowest BCUT2D eigenvalue weighted by atomic mass is 9.95. The zero-order valence-electron chi connectivity index (χ0n) is 17.8. The van der Waals surface area contributed by atoms with E-state index in [2.05, 4.69) is 19.9 Å². The van der Waals surface area contributed by atoms with Crippen LogP contribution in [0.3, 0.4) is 0 Å². The van der Waals surface area contributed by atoms with Crippen LogP contribution in [0.1, 0.15) is 45.1 Å². The Bertz CT molecular complexity index is 1420. The summed E-state index contributed by atoms with van der Waals surface area (Å²) in [6.45, 7) is 1.39. The second-order valence-electron chi connectivity index (χ2n) is 8.23. The predicted molar refractivity (Wildman–Crippen MR) is 123 cm³/mol. The molecule has 0 bridgehead atoms. The van der Waals surface area contributed by atoms with Crippen molar-refractivity contribution in [2.45, 2.75) is 55.1 Å². The summed E-state index contributed by atoms with van der Waals surface area (Å²) in [5.41, 5.74) is 1.52. The number of rotatable bonds is 4. The molecule has 1 aliphatic carbocycles. The SMILES string of the molecule is CC(=O)Nc1nc(S(=O)(=O)c2ccccc2)nc2c1c1ccccc1n2C1CCCCC1. The number of nitrogens with zero attached hydrogens (tertiary/aromatic N) is 3. The molecule has 0 spiro atoms. The Morgan fingerprint density at radius 2 is 1.66 bits per heavy atom. The van der Waals surface area contributed by atoms with Gasteiger partial charge in [0.1, 0.15) is 11.5 Å². The number of sulfone groups is 1. The van der Waals surface area contributed by atoms with E-state index in [1.807, 2.05) is 24.3 Å². The average Bonchev–Trinajstić information content (AvgIpc) is 3.14. The van der Waals surface area contributed by atoms with Gasteiger partial charge >= 0.3 is 0 Å². The van der Waals surface area contributed by atoms with E-state index >= 15 is 0 Å². The maximum absolute atomic E-state index is 13.4. The van der Waals surface area contributed by atoms with Crippen molar-refractivity contribution in [2.24, 2.45) is 0 Å². The van der Waals surface area contributed by atoms with Crippen molar-refractivity contribution in [3.63, 3.8) is 0 Å². The minimum Gasteiger partial charge on any atom is -0.322 e. The van der Waals surface area contributed by atoms with E-state index in [0.29, 0.717) is 11.0 Å². The molecule has 8 heteroatoms. The molecule has 0 atom stereocenters. The van der Waals surface area contributed by atoms with E-state index in [4.69, 9.17) is 0 Å². The van der Waals surface area contributed by atoms with Crippen LogP contribution in [0.4, 0.5) is 5.82 Å². The average molecular weight is 449 g/mol. The van der Waals surface area contributed by atoms with Crippen molar-refractivity contribution >= 4 is 43.5 Å². The molecule has 0 aliphatic heterocycles. The highest BCUT2D eigenvalue weighted by atomic mass is 32.2. The molecule has 164 valence electrons. The number of nitrogens with one attached hydrogen (secondary N) is 1. The quantitative estimate of drug-likeness (QED) is 0.449. The normalized spacial score (nSPS) is 15.3. The molecule has 2 heterocycles. The third-order valence-corrected chi connectivity index (χ3v) is 7.61. The molecule has 5 rings (SSSR count). The first kappa shape index (κ1) is 20.6. The molecule has 2 aromatic carbocycles. The summed E-state index contributed by atoms with van der Waals surface area (Å²) in [6.07, 6.45) is 5.46. The number of aromatic nitrogens is 3. The summed E-state index contributed by atoms with van der Waals surface area (Å²) in [6, 6.07) is 16.2. The standard InChI is InChI=1S/C24H24N4O3S/c1-16(29)25-22-21-19-14-8-9-15-20(19)28(17-10-4-2-5-11-17)23(21)27-24(26-22)32(30,31)18-12-6-3-7-13-18/h3,6-9,12-15,17H,2,4-5,10-11H2,1H3,(H,25,26,27,29). The van der Waals surface area contributed by atoms with Crippen molar-refractivity contribution in [3.05, 3.63) is 54.6 Å². The second-order valence-corrected chi connectivity index (χ2v) is 10.1. The van der Waals surface area contributed by atoms with Gasteiger partial charge in [0, 0.05) is 18.4 Å². The smallest absolute Gasteiger partial charge is 0.256 e. The summed E-state index contributed by atoms with van der Waals surface area (Å²) < 4.78 is 28.9. The number of hydrogen-bond acceptors (Lipinski definition) is 5. The molecule has 7 nitrogen and oxygen atoms in total. The summed E-state index contributed by atoms with van der Waals surface area (Å²) in [7, 11) is -3.96. The van der Waals surface area contributed by atoms with Crippen molar-refractivity contribution < 1.29 is 13.2 Å². The summed E-state index contributed by atoms with van der Waals surface area (Å²) in [5, 5.41) is 4.02. The highest BCUT2D eigenvalue weighted by Crippen LogP contribution is 2.39. The maximum atomic E-state index is 13.4. The van der Waals surface area contributed by atoms with Gasteiger partial charge in [0.2, 0.25) is 15.7 Å². The van der Waals surface area contributed by atoms with Crippen LogP contribution in [0.25, 0.3) is 21.9 Å². The van der Waals surface area contributed by atoms with Gasteiger partial charge in [-0.3, -0.25) is 4.79 Å². The largest absolute Gasteiger partial charge is 0.322 e. The topological polar surface area (TPSA) is 93.9 Å². The zero-order valence-corrected chi connectivity index (χ0v) is 18.6. The number of benzene rings is 2. The molecule has 1 fully saturated rings. The van der Waals surface area contributed by atoms with Gasteiger partial charge in [-0.05, 0) is 31.0 Å². The third kappa shape index (κ3) is 3.44. The van der Waals surface area contributed by atoms with E-state index in [9.17, 15) is 13.2 Å². The third-order valence-electron chi connectivity index (χ3n) is 6.06. The first-order chi connectivity index (χ1) is 15.5. The molecule has 32 heavy (non-hydrogen) atoms. The van der Waals surface area contributed by atoms with E-state index < -0.39 is 9.84 Å². The first-order valence-corrected chi connectivity index (χ1v) is 12.3. The number of carbonyl (C=O) groups is 1. The van der Waals surface area contributed by atoms with Gasteiger partial charge in [0.05, 0.1) is 15.8 Å². The molecule has 0 unspecified atom stereocenters. The van der Waals surface area contributed by atoms with Gasteiger partial charge in [-0.15, -0.1) is 0 Å². The Morgan fingerprint density at radius 3 is 2.38 bits per heavy atom. The minimum absolute atomic E-state index is 0.119. The van der Waals surface area contributed by atoms with Crippen LogP contribution in [0.5, 0.6) is 0 Å². The van der Waals surface area contributed by atoms with Crippen LogP contribution in [0.2, 0.25) is 0 Å². The number of anilines is 1. The van der Waals surface area contributed by atoms with Gasteiger partial charge in [-0.1, -0.05) is 55.7 Å². The number of para-hydroxylation sites is 1. The summed E-state index contributed by atoms with van der Waals surface area (Å²) in [4.78, 5) is 21.1. The van der Waals surface area contributed by atoms with Gasteiger partial charge in [-0.25, -0.2) is 8.42 Å². The number of fused-ring (bicyclic) bond motifs is 3. The molecule has 1 aliphatic rings. The molecule has 1 saturated carbocycles. The van der Waals surface area contributed by atoms with Crippen LogP contribution in [0, 0.1) is 0 Å². The maximum Gasteiger partial charge on any atom is 0.256 e. The molecule has 4 aromatic rings. The Labute approximate surface area is 186 Å². The van der Waals surface area contributed by atoms with E-state index in [-0.39, 0.29) is 27.8 Å². The van der Waals surface area contributed by atoms with Crippen molar-refractivity contribution in [1.82, 2.24) is 14.5 Å². The zero-order chi connectivity index (χ0) is 22.3. The Morgan fingerprint density at radius 1 is 0.969 bits per heavy atom. The fourth-order valence-electron chi connectivity index (χ4n) is 4.65. The minimum atomic E-state index is -3.96. The molecular weight excluding hydrogens is 424 g/mol. The lowest BCUT2D eigenvalue weighted by molar-refractivity contribution is -0.114. The van der Waals surface area contributed by atoms with E-state index in [0.717, 1.165) is 36.6 Å². The van der Waals surface area contributed by atoms with Crippen LogP contribution in [-0.2, 0) is 14.6 Å². The van der Waals surface area contributed by atoms with Crippen LogP contribution in [0.15, 0.2) is 64.6 Å². The highest BCUT2D eigenvalue weighted by Gasteiger charge is 2.28. The lowest BCUT2D eigenvalue weighted by Gasteiger charge is -2.25. The molecular formula is C24H24N4O3S. The Kier molecular flexibility index (Phi) is 5.17. The Balaban J connectivity index is 1.85. The highest BCUT2D eigenvalue weighted by molar-refractivity contribution is 7.91. The Hall–Kier alpha value is -3.26. The number of carbonyl (C=O) groups excluding carboxylic acids is 1. The van der Waals surface area contributed by atoms with Crippen molar-refractivity contribution in [3.8, 4) is 0 Å². The van der Waals surface area contributed by atoms with Crippen LogP contribution in [-0.4, -0.2) is 28.9 Å². The van der Waals surface area contributed by atoms with Gasteiger partial charge in [0.25, 0.3) is 5.16 Å². The van der Waals surface area contributed by atoms with E-state index in [1.165, 1.54) is 25.5 Å². The number of amides is 1. The fraction of sp³-hybridized carbons (Fsp3) is 0.292. The molecule has 0 saturated heterocycles. The summed E-state index contributed by atoms with van der Waals surface area (Å²) in [5.74, 6) is -0.0923. The van der Waals surface area contributed by atoms with Gasteiger partial charge in [0.15, 0.2) is 0 Å². The summed E-state index contributed by atoms with van der Waals surface area (Å²) >= 11 is 0. The monoisotopic (exact) mass is 448 g/mol. The first-order valence-electron chi connectivity index (χ1n) is 10.9. The molecule has 1 N–H and O–H groups in total. The second kappa shape index (κ2) is 8.02. The molecule has 2 aromatic heterocycles. The van der Waals surface area contributed by atoms with Crippen molar-refractivity contribution in [2.75, 3.05) is 5.32 Å². The van der Waals surface area contributed by atoms with Gasteiger partial charge < -0.3 is 9.88 Å². The van der Waals surface area contributed by atoms with Crippen LogP contribution < -0.4 is 5.32 Å². The van der Waals surface area contributed by atoms with Crippen molar-refractivity contribution in [1.29, 1.82) is 0 Å².